The second-order valence-corrected chi connectivity index (χ2v) is 8.95. The summed E-state index contributed by atoms with van der Waals surface area (Å²) in [5.74, 6) is 1.54. The molecule has 1 fully saturated rings. The highest BCUT2D eigenvalue weighted by Crippen LogP contribution is 2.34. The van der Waals surface area contributed by atoms with Crippen molar-refractivity contribution in [3.05, 3.63) is 71.7 Å². The Morgan fingerprint density at radius 2 is 1.76 bits per heavy atom. The minimum atomic E-state index is -0.249. The monoisotopic (exact) mass is 503 g/mol. The highest BCUT2D eigenvalue weighted by molar-refractivity contribution is 6.01. The Morgan fingerprint density at radius 1 is 0.973 bits per heavy atom. The summed E-state index contributed by atoms with van der Waals surface area (Å²) >= 11 is 0. The van der Waals surface area contributed by atoms with Crippen LogP contribution in [0.5, 0.6) is 11.5 Å². The fourth-order valence-electron chi connectivity index (χ4n) is 4.63. The Balaban J connectivity index is 1.25. The van der Waals surface area contributed by atoms with Crippen molar-refractivity contribution in [1.29, 1.82) is 0 Å². The second-order valence-electron chi connectivity index (χ2n) is 8.95. The molecule has 2 aliphatic rings. The van der Waals surface area contributed by atoms with E-state index in [9.17, 15) is 14.4 Å². The minimum Gasteiger partial charge on any atom is -0.492 e. The zero-order valence-electron chi connectivity index (χ0n) is 20.9. The molecule has 2 amide bonds. The topological polar surface area (TPSA) is 92.5 Å². The number of furan rings is 1. The fourth-order valence-corrected chi connectivity index (χ4v) is 4.63. The van der Waals surface area contributed by atoms with Gasteiger partial charge < -0.3 is 23.7 Å². The zero-order chi connectivity index (χ0) is 25.9. The molecular weight excluding hydrogens is 474 g/mol. The van der Waals surface area contributed by atoms with Crippen LogP contribution in [0.15, 0.2) is 59.0 Å². The van der Waals surface area contributed by atoms with E-state index in [1.165, 1.54) is 11.8 Å². The number of hydrogen-bond donors (Lipinski definition) is 0. The maximum atomic E-state index is 13.2. The summed E-state index contributed by atoms with van der Waals surface area (Å²) in [5, 5.41) is 0. The van der Waals surface area contributed by atoms with Crippen LogP contribution in [-0.2, 0) is 11.3 Å². The van der Waals surface area contributed by atoms with Crippen LogP contribution < -0.4 is 19.3 Å². The molecular formula is C28H29N3O6. The van der Waals surface area contributed by atoms with E-state index in [1.54, 1.807) is 35.2 Å². The van der Waals surface area contributed by atoms with E-state index in [1.807, 2.05) is 31.2 Å². The van der Waals surface area contributed by atoms with Crippen molar-refractivity contribution in [2.75, 3.05) is 49.2 Å². The smallest absolute Gasteiger partial charge is 0.289 e. The predicted molar refractivity (Wildman–Crippen MR) is 138 cm³/mol. The lowest BCUT2D eigenvalue weighted by Crippen LogP contribution is -2.48. The second kappa shape index (κ2) is 10.4. The number of amides is 2. The molecule has 0 unspecified atom stereocenters. The molecule has 0 radical (unpaired) electrons. The van der Waals surface area contributed by atoms with Crippen LogP contribution in [0.4, 0.5) is 11.4 Å². The molecule has 0 aliphatic carbocycles. The number of nitrogens with zero attached hydrogens (tertiary/aromatic N) is 3. The summed E-state index contributed by atoms with van der Waals surface area (Å²) in [6.07, 6.45) is 0. The number of fused-ring (bicyclic) bond motifs is 1. The summed E-state index contributed by atoms with van der Waals surface area (Å²) < 4.78 is 17.2. The van der Waals surface area contributed by atoms with Crippen molar-refractivity contribution in [2.45, 2.75) is 20.4 Å². The Hall–Kier alpha value is -4.27. The van der Waals surface area contributed by atoms with Crippen LogP contribution in [0.25, 0.3) is 0 Å². The molecule has 5 rings (SSSR count). The molecule has 0 N–H and O–H groups in total. The van der Waals surface area contributed by atoms with Gasteiger partial charge >= 0.3 is 0 Å². The fraction of sp³-hybridized carbons (Fsp3) is 0.321. The number of piperazine rings is 1. The number of benzene rings is 2. The third-order valence-electron chi connectivity index (χ3n) is 6.57. The molecule has 3 aromatic rings. The van der Waals surface area contributed by atoms with Gasteiger partial charge in [-0.3, -0.25) is 19.3 Å². The maximum Gasteiger partial charge on any atom is 0.289 e. The average molecular weight is 504 g/mol. The SMILES string of the molecule is CCOc1ccccc1N1CCN(C(=O)c2ccc(CN3C(=O)COc4ccc(C(C)=O)cc43)o2)CC1. The van der Waals surface area contributed by atoms with E-state index in [4.69, 9.17) is 13.9 Å². The zero-order valence-corrected chi connectivity index (χ0v) is 20.9. The van der Waals surface area contributed by atoms with Gasteiger partial charge in [-0.25, -0.2) is 0 Å². The van der Waals surface area contributed by atoms with Gasteiger partial charge in [0.05, 0.1) is 24.5 Å². The summed E-state index contributed by atoms with van der Waals surface area (Å²) in [5.41, 5.74) is 2.03. The van der Waals surface area contributed by atoms with Gasteiger partial charge in [0.25, 0.3) is 11.8 Å². The molecule has 1 aromatic heterocycles. The summed E-state index contributed by atoms with van der Waals surface area (Å²) in [6, 6.07) is 16.3. The standard InChI is InChI=1S/C28H29N3O6/c1-3-35-24-7-5-4-6-22(24)29-12-14-30(15-13-29)28(34)26-11-9-21(37-26)17-31-23-16-20(19(2)32)8-10-25(23)36-18-27(31)33/h4-11,16H,3,12-15,17-18H2,1-2H3. The molecule has 3 heterocycles. The normalized spacial score (nSPS) is 15.3. The predicted octanol–water partition coefficient (Wildman–Crippen LogP) is 3.77. The Labute approximate surface area is 215 Å². The Kier molecular flexibility index (Phi) is 6.85. The van der Waals surface area contributed by atoms with Gasteiger partial charge in [-0.15, -0.1) is 0 Å². The number of hydrogen-bond acceptors (Lipinski definition) is 7. The third kappa shape index (κ3) is 5.02. The maximum absolute atomic E-state index is 13.2. The Morgan fingerprint density at radius 3 is 2.51 bits per heavy atom. The van der Waals surface area contributed by atoms with Gasteiger partial charge in [0, 0.05) is 31.7 Å². The van der Waals surface area contributed by atoms with Gasteiger partial charge in [-0.1, -0.05) is 12.1 Å². The number of ether oxygens (including phenoxy) is 2. The number of anilines is 2. The lowest BCUT2D eigenvalue weighted by molar-refractivity contribution is -0.121. The van der Waals surface area contributed by atoms with E-state index in [0.717, 1.165) is 11.4 Å². The van der Waals surface area contributed by atoms with E-state index >= 15 is 0 Å². The van der Waals surface area contributed by atoms with Gasteiger partial charge in [0.2, 0.25) is 0 Å². The molecule has 2 aliphatic heterocycles. The number of para-hydroxylation sites is 2. The van der Waals surface area contributed by atoms with E-state index < -0.39 is 0 Å². The minimum absolute atomic E-state index is 0.102. The van der Waals surface area contributed by atoms with E-state index in [0.29, 0.717) is 55.5 Å². The molecule has 0 spiro atoms. The first-order chi connectivity index (χ1) is 17.9. The number of rotatable bonds is 7. The van der Waals surface area contributed by atoms with Crippen LogP contribution in [0.2, 0.25) is 0 Å². The number of ketones is 1. The van der Waals surface area contributed by atoms with Gasteiger partial charge in [-0.05, 0) is 56.3 Å². The summed E-state index contributed by atoms with van der Waals surface area (Å²) in [7, 11) is 0. The molecule has 1 saturated heterocycles. The molecule has 192 valence electrons. The number of carbonyl (C=O) groups is 3. The molecule has 37 heavy (non-hydrogen) atoms. The van der Waals surface area contributed by atoms with Crippen molar-refractivity contribution in [2.24, 2.45) is 0 Å². The quantitative estimate of drug-likeness (QED) is 0.453. The van der Waals surface area contributed by atoms with Crippen molar-refractivity contribution in [3.8, 4) is 11.5 Å². The van der Waals surface area contributed by atoms with E-state index in [2.05, 4.69) is 4.90 Å². The van der Waals surface area contributed by atoms with E-state index in [-0.39, 0.29) is 36.5 Å². The first-order valence-electron chi connectivity index (χ1n) is 12.4. The summed E-state index contributed by atoms with van der Waals surface area (Å²) in [6.45, 7) is 6.53. The van der Waals surface area contributed by atoms with Gasteiger partial charge in [0.15, 0.2) is 18.2 Å². The largest absolute Gasteiger partial charge is 0.492 e. The van der Waals surface area contributed by atoms with Crippen molar-refractivity contribution >= 4 is 29.0 Å². The molecule has 0 bridgehead atoms. The van der Waals surface area contributed by atoms with Crippen LogP contribution in [0, 0.1) is 0 Å². The lowest BCUT2D eigenvalue weighted by atomic mass is 10.1. The molecule has 0 atom stereocenters. The van der Waals surface area contributed by atoms with Crippen molar-refractivity contribution in [3.63, 3.8) is 0 Å². The molecule has 9 nitrogen and oxygen atoms in total. The van der Waals surface area contributed by atoms with Crippen LogP contribution in [0.1, 0.15) is 40.5 Å². The van der Waals surface area contributed by atoms with Crippen LogP contribution >= 0.6 is 0 Å². The Bertz CT molecular complexity index is 1320. The average Bonchev–Trinajstić information content (AvgIpc) is 3.39. The third-order valence-corrected chi connectivity index (χ3v) is 6.57. The van der Waals surface area contributed by atoms with Crippen molar-refractivity contribution < 1.29 is 28.3 Å². The number of Topliss-reactive ketones (excluding diaryl/α,β-unsaturated/α-hetero) is 1. The van der Waals surface area contributed by atoms with Gasteiger partial charge in [0.1, 0.15) is 17.3 Å². The highest BCUT2D eigenvalue weighted by atomic mass is 16.5. The molecule has 9 heteroatoms. The molecule has 2 aromatic carbocycles. The van der Waals surface area contributed by atoms with Crippen molar-refractivity contribution in [1.82, 2.24) is 4.90 Å². The number of carbonyl (C=O) groups excluding carboxylic acids is 3. The summed E-state index contributed by atoms with van der Waals surface area (Å²) in [4.78, 5) is 43.1. The van der Waals surface area contributed by atoms with Crippen LogP contribution in [-0.4, -0.2) is 61.9 Å². The molecule has 0 saturated carbocycles. The van der Waals surface area contributed by atoms with Crippen LogP contribution in [0.3, 0.4) is 0 Å². The lowest BCUT2D eigenvalue weighted by Gasteiger charge is -2.36. The van der Waals surface area contributed by atoms with Gasteiger partial charge in [-0.2, -0.15) is 0 Å². The highest BCUT2D eigenvalue weighted by Gasteiger charge is 2.29. The first-order valence-corrected chi connectivity index (χ1v) is 12.4. The first kappa shape index (κ1) is 24.4.